The van der Waals surface area contributed by atoms with Crippen molar-refractivity contribution in [2.45, 2.75) is 0 Å². The molecule has 0 aliphatic heterocycles. The Morgan fingerprint density at radius 1 is 0.722 bits per heavy atom. The predicted octanol–water partition coefficient (Wildman–Crippen LogP) is 3.08. The molecule has 1 heterocycles. The van der Waals surface area contributed by atoms with Crippen LogP contribution in [-0.4, -0.2) is 12.1 Å². The molecule has 18 heavy (non-hydrogen) atoms. The molecule has 1 aromatic heterocycles. The fourth-order valence-electron chi connectivity index (χ4n) is 1.51. The zero-order valence-corrected chi connectivity index (χ0v) is 8.62. The average molecular weight is 267 g/mol. The van der Waals surface area contributed by atoms with Crippen LogP contribution in [0, 0.1) is 35.2 Å². The van der Waals surface area contributed by atoms with Crippen molar-refractivity contribution >= 4 is 10.8 Å². The third-order valence-corrected chi connectivity index (χ3v) is 2.29. The minimum Gasteiger partial charge on any atom is -0.491 e. The minimum absolute atomic E-state index is 0.790. The number of rotatable bonds is 1. The van der Waals surface area contributed by atoms with E-state index in [1.165, 1.54) is 0 Å². The molecular weight excluding hydrogens is 264 g/mol. The molecule has 0 saturated carbocycles. The molecule has 96 valence electrons. The van der Waals surface area contributed by atoms with E-state index in [2.05, 4.69) is 9.72 Å². The number of halogens is 6. The van der Waals surface area contributed by atoms with Crippen molar-refractivity contribution in [1.29, 1.82) is 0 Å². The Hall–Kier alpha value is -1.99. The maximum Gasteiger partial charge on any atom is 0.252 e. The van der Waals surface area contributed by atoms with Gasteiger partial charge in [0.2, 0.25) is 11.8 Å². The first-order chi connectivity index (χ1) is 8.40. The zero-order chi connectivity index (χ0) is 13.6. The van der Waals surface area contributed by atoms with Crippen LogP contribution in [0.2, 0.25) is 0 Å². The summed E-state index contributed by atoms with van der Waals surface area (Å²) in [5.41, 5.74) is 0. The SMILES string of the molecule is COc1c(F)c(F)c2c(F)nc(F)c(F)c2c1F. The van der Waals surface area contributed by atoms with E-state index in [-0.39, 0.29) is 0 Å². The van der Waals surface area contributed by atoms with Crippen molar-refractivity contribution in [3.8, 4) is 5.75 Å². The fourth-order valence-corrected chi connectivity index (χ4v) is 1.51. The van der Waals surface area contributed by atoms with E-state index in [1.54, 1.807) is 0 Å². The summed E-state index contributed by atoms with van der Waals surface area (Å²) in [6, 6.07) is 0. The summed E-state index contributed by atoms with van der Waals surface area (Å²) in [5, 5.41) is -2.81. The third-order valence-electron chi connectivity index (χ3n) is 2.29. The Kier molecular flexibility index (Phi) is 2.80. The van der Waals surface area contributed by atoms with Crippen LogP contribution in [0.1, 0.15) is 0 Å². The molecule has 0 aliphatic rings. The zero-order valence-electron chi connectivity index (χ0n) is 8.62. The van der Waals surface area contributed by atoms with Gasteiger partial charge in [0, 0.05) is 0 Å². The minimum atomic E-state index is -1.97. The van der Waals surface area contributed by atoms with Gasteiger partial charge in [-0.1, -0.05) is 0 Å². The van der Waals surface area contributed by atoms with Crippen LogP contribution >= 0.6 is 0 Å². The lowest BCUT2D eigenvalue weighted by molar-refractivity contribution is 0.348. The fraction of sp³-hybridized carbons (Fsp3) is 0.100. The molecule has 0 spiro atoms. The quantitative estimate of drug-likeness (QED) is 0.450. The number of pyridine rings is 1. The van der Waals surface area contributed by atoms with Crippen molar-refractivity contribution in [2.24, 2.45) is 0 Å². The van der Waals surface area contributed by atoms with Gasteiger partial charge < -0.3 is 4.74 Å². The number of nitrogens with zero attached hydrogens (tertiary/aromatic N) is 1. The van der Waals surface area contributed by atoms with E-state index < -0.39 is 51.7 Å². The molecule has 1 aromatic carbocycles. The first-order valence-electron chi connectivity index (χ1n) is 4.44. The van der Waals surface area contributed by atoms with Gasteiger partial charge in [0.05, 0.1) is 17.9 Å². The van der Waals surface area contributed by atoms with Gasteiger partial charge in [-0.2, -0.15) is 18.2 Å². The Labute approximate surface area is 95.8 Å². The van der Waals surface area contributed by atoms with Crippen LogP contribution < -0.4 is 4.74 Å². The van der Waals surface area contributed by atoms with E-state index in [1.807, 2.05) is 0 Å². The van der Waals surface area contributed by atoms with Crippen molar-refractivity contribution in [3.05, 3.63) is 35.2 Å². The lowest BCUT2D eigenvalue weighted by Gasteiger charge is -2.09. The van der Waals surface area contributed by atoms with Gasteiger partial charge in [-0.3, -0.25) is 0 Å². The number of benzene rings is 1. The van der Waals surface area contributed by atoms with Gasteiger partial charge in [0.1, 0.15) is 0 Å². The van der Waals surface area contributed by atoms with E-state index >= 15 is 0 Å². The van der Waals surface area contributed by atoms with Gasteiger partial charge >= 0.3 is 0 Å². The summed E-state index contributed by atoms with van der Waals surface area (Å²) in [6.45, 7) is 0. The number of fused-ring (bicyclic) bond motifs is 1. The number of ether oxygens (including phenoxy) is 1. The van der Waals surface area contributed by atoms with Crippen LogP contribution in [0.4, 0.5) is 26.3 Å². The molecule has 0 N–H and O–H groups in total. The number of aromatic nitrogens is 1. The second kappa shape index (κ2) is 4.04. The molecule has 0 fully saturated rings. The molecule has 0 amide bonds. The number of methoxy groups -OCH3 is 1. The maximum atomic E-state index is 13.6. The number of hydrogen-bond donors (Lipinski definition) is 0. The largest absolute Gasteiger partial charge is 0.491 e. The number of hydrogen-bond acceptors (Lipinski definition) is 2. The summed E-state index contributed by atoms with van der Waals surface area (Å²) >= 11 is 0. The molecule has 2 aromatic rings. The first-order valence-corrected chi connectivity index (χ1v) is 4.44. The summed E-state index contributed by atoms with van der Waals surface area (Å²) in [6.07, 6.45) is 0. The van der Waals surface area contributed by atoms with Gasteiger partial charge in [-0.05, 0) is 0 Å². The van der Waals surface area contributed by atoms with Crippen molar-refractivity contribution in [2.75, 3.05) is 7.11 Å². The molecule has 0 bridgehead atoms. The Bertz CT molecular complexity index is 657. The van der Waals surface area contributed by atoms with E-state index in [0.29, 0.717) is 0 Å². The average Bonchev–Trinajstić information content (AvgIpc) is 2.31. The van der Waals surface area contributed by atoms with Crippen molar-refractivity contribution < 1.29 is 31.1 Å². The van der Waals surface area contributed by atoms with Crippen LogP contribution in [0.5, 0.6) is 5.75 Å². The monoisotopic (exact) mass is 267 g/mol. The lowest BCUT2D eigenvalue weighted by Crippen LogP contribution is -2.05. The van der Waals surface area contributed by atoms with Crippen molar-refractivity contribution in [3.63, 3.8) is 0 Å². The van der Waals surface area contributed by atoms with Crippen LogP contribution in [0.15, 0.2) is 0 Å². The second-order valence-electron chi connectivity index (χ2n) is 3.23. The predicted molar refractivity (Wildman–Crippen MR) is 48.0 cm³/mol. The summed E-state index contributed by atoms with van der Waals surface area (Å²) in [5.74, 6) is -12.5. The van der Waals surface area contributed by atoms with Crippen LogP contribution in [0.25, 0.3) is 10.8 Å². The summed E-state index contributed by atoms with van der Waals surface area (Å²) in [4.78, 5) is 2.38. The summed E-state index contributed by atoms with van der Waals surface area (Å²) < 4.78 is 83.7. The van der Waals surface area contributed by atoms with E-state index in [0.717, 1.165) is 7.11 Å². The Morgan fingerprint density at radius 3 is 1.89 bits per heavy atom. The molecule has 2 rings (SSSR count). The summed E-state index contributed by atoms with van der Waals surface area (Å²) in [7, 11) is 0.790. The van der Waals surface area contributed by atoms with Gasteiger partial charge in [0.15, 0.2) is 23.2 Å². The topological polar surface area (TPSA) is 22.1 Å². The second-order valence-corrected chi connectivity index (χ2v) is 3.23. The third kappa shape index (κ3) is 1.48. The highest BCUT2D eigenvalue weighted by atomic mass is 19.2. The normalized spacial score (nSPS) is 11.1. The van der Waals surface area contributed by atoms with Gasteiger partial charge in [0.25, 0.3) is 5.95 Å². The highest BCUT2D eigenvalue weighted by Gasteiger charge is 2.28. The standard InChI is InChI=1S/C10H3F6NO/c1-18-8-5(12)2-3(4(11)7(8)14)9(15)17-10(16)6(2)13/h1H3. The van der Waals surface area contributed by atoms with Crippen LogP contribution in [-0.2, 0) is 0 Å². The molecule has 0 unspecified atom stereocenters. The molecule has 2 nitrogen and oxygen atoms in total. The highest BCUT2D eigenvalue weighted by molar-refractivity contribution is 5.85. The van der Waals surface area contributed by atoms with Crippen LogP contribution in [0.3, 0.4) is 0 Å². The molecular formula is C10H3F6NO. The van der Waals surface area contributed by atoms with E-state index in [9.17, 15) is 26.3 Å². The first kappa shape index (κ1) is 12.5. The maximum absolute atomic E-state index is 13.6. The molecule has 0 saturated heterocycles. The van der Waals surface area contributed by atoms with Crippen molar-refractivity contribution in [1.82, 2.24) is 4.98 Å². The smallest absolute Gasteiger partial charge is 0.252 e. The van der Waals surface area contributed by atoms with Gasteiger partial charge in [-0.15, -0.1) is 0 Å². The molecule has 0 aliphatic carbocycles. The Balaban J connectivity index is 3.12. The highest BCUT2D eigenvalue weighted by Crippen LogP contribution is 2.35. The Morgan fingerprint density at radius 2 is 1.33 bits per heavy atom. The lowest BCUT2D eigenvalue weighted by atomic mass is 10.1. The molecule has 0 atom stereocenters. The van der Waals surface area contributed by atoms with Gasteiger partial charge in [-0.25, -0.2) is 13.2 Å². The van der Waals surface area contributed by atoms with E-state index in [4.69, 9.17) is 0 Å². The molecule has 8 heteroatoms. The molecule has 0 radical (unpaired) electrons.